The van der Waals surface area contributed by atoms with E-state index in [1.54, 1.807) is 0 Å². The van der Waals surface area contributed by atoms with Gasteiger partial charge in [-0.15, -0.1) is 0 Å². The van der Waals surface area contributed by atoms with Crippen molar-refractivity contribution in [3.8, 4) is 0 Å². The minimum atomic E-state index is -1.51. The van der Waals surface area contributed by atoms with Crippen molar-refractivity contribution in [1.29, 1.82) is 0 Å². The van der Waals surface area contributed by atoms with Crippen molar-refractivity contribution in [2.24, 2.45) is 0 Å². The number of likely N-dealkylation sites (N-methyl/N-ethyl adjacent to an activating group) is 1. The summed E-state index contributed by atoms with van der Waals surface area (Å²) in [5, 5.41) is 9.78. The minimum Gasteiger partial charge on any atom is -0.477 e. The van der Waals surface area contributed by atoms with Gasteiger partial charge in [0.1, 0.15) is 13.2 Å². The molecule has 0 heterocycles. The van der Waals surface area contributed by atoms with Crippen LogP contribution in [0.2, 0.25) is 0 Å². The quantitative estimate of drug-likeness (QED) is 0.0211. The molecule has 9 nitrogen and oxygen atoms in total. The van der Waals surface area contributed by atoms with E-state index in [9.17, 15) is 19.5 Å². The van der Waals surface area contributed by atoms with E-state index in [0.717, 1.165) is 77.0 Å². The number of quaternary nitrogens is 1. The molecule has 0 aliphatic heterocycles. The van der Waals surface area contributed by atoms with Gasteiger partial charge in [-0.25, -0.2) is 4.79 Å². The van der Waals surface area contributed by atoms with Crippen molar-refractivity contribution >= 4 is 17.9 Å². The highest BCUT2D eigenvalue weighted by Crippen LogP contribution is 2.20. The average molecular weight is 1320 g/mol. The van der Waals surface area contributed by atoms with E-state index in [1.807, 2.05) is 21.1 Å². The Bertz CT molecular complexity index is 1780. The highest BCUT2D eigenvalue weighted by molar-refractivity contribution is 5.71. The molecule has 0 aromatic rings. The molecule has 548 valence electrons. The van der Waals surface area contributed by atoms with Crippen LogP contribution in [0, 0.1) is 0 Å². The third-order valence-corrected chi connectivity index (χ3v) is 18.2. The van der Waals surface area contributed by atoms with E-state index in [1.165, 1.54) is 289 Å². The summed E-state index contributed by atoms with van der Waals surface area (Å²) in [4.78, 5) is 37.7. The van der Waals surface area contributed by atoms with E-state index < -0.39 is 18.4 Å². The molecular weight excluding hydrogens is 1160 g/mol. The van der Waals surface area contributed by atoms with E-state index >= 15 is 0 Å². The summed E-state index contributed by atoms with van der Waals surface area (Å²) in [5.41, 5.74) is 0. The summed E-state index contributed by atoms with van der Waals surface area (Å²) < 4.78 is 23.1. The number of unbranched alkanes of at least 4 members (excludes halogenated alkanes) is 49. The van der Waals surface area contributed by atoms with Gasteiger partial charge in [0.25, 0.3) is 6.29 Å². The first kappa shape index (κ1) is 90.7. The van der Waals surface area contributed by atoms with Crippen molar-refractivity contribution in [3.05, 3.63) is 72.9 Å². The first-order valence-electron chi connectivity index (χ1n) is 40.6. The summed E-state index contributed by atoms with van der Waals surface area (Å²) >= 11 is 0. The number of carbonyl (C=O) groups excluding carboxylic acids is 2. The number of hydrogen-bond donors (Lipinski definition) is 1. The number of hydrogen-bond acceptors (Lipinski definition) is 7. The number of rotatable bonds is 76. The Morgan fingerprint density at radius 2 is 0.606 bits per heavy atom. The molecule has 0 radical (unpaired) electrons. The van der Waals surface area contributed by atoms with Gasteiger partial charge < -0.3 is 28.5 Å². The lowest BCUT2D eigenvalue weighted by Gasteiger charge is -2.25. The van der Waals surface area contributed by atoms with E-state index in [-0.39, 0.29) is 38.2 Å². The van der Waals surface area contributed by atoms with Gasteiger partial charge in [0.2, 0.25) is 0 Å². The maximum atomic E-state index is 13.0. The van der Waals surface area contributed by atoms with E-state index in [0.29, 0.717) is 17.4 Å². The molecule has 2 atom stereocenters. The molecule has 94 heavy (non-hydrogen) atoms. The van der Waals surface area contributed by atoms with Crippen molar-refractivity contribution in [2.45, 2.75) is 405 Å². The second kappa shape index (κ2) is 75.5. The highest BCUT2D eigenvalue weighted by Gasteiger charge is 2.25. The second-order valence-corrected chi connectivity index (χ2v) is 28.7. The van der Waals surface area contributed by atoms with E-state index in [4.69, 9.17) is 18.9 Å². The lowest BCUT2D eigenvalue weighted by Crippen LogP contribution is -2.40. The van der Waals surface area contributed by atoms with Crippen molar-refractivity contribution < 1.29 is 42.9 Å². The number of nitrogens with zero attached hydrogens (tertiary/aromatic N) is 1. The molecule has 0 fully saturated rings. The van der Waals surface area contributed by atoms with Crippen molar-refractivity contribution in [3.63, 3.8) is 0 Å². The Kier molecular flexibility index (Phi) is 72.9. The smallest absolute Gasteiger partial charge is 0.361 e. The Hall–Kier alpha value is -3.27. The van der Waals surface area contributed by atoms with Crippen LogP contribution in [-0.4, -0.2) is 87.4 Å². The zero-order chi connectivity index (χ0) is 68.2. The second-order valence-electron chi connectivity index (χ2n) is 28.7. The number of aliphatic carboxylic acids is 1. The first-order chi connectivity index (χ1) is 46.1. The fraction of sp³-hybridized carbons (Fsp3) is 0.824. The number of allylic oxidation sites excluding steroid dienone is 12. The summed E-state index contributed by atoms with van der Waals surface area (Å²) in [6.45, 7) is 4.83. The molecule has 0 aromatic carbocycles. The number of ether oxygens (including phenoxy) is 4. The third kappa shape index (κ3) is 76.1. The minimum absolute atomic E-state index is 0.179. The summed E-state index contributed by atoms with van der Waals surface area (Å²) in [5.74, 6) is -1.98. The van der Waals surface area contributed by atoms with Crippen LogP contribution in [0.3, 0.4) is 0 Å². The van der Waals surface area contributed by atoms with Gasteiger partial charge in [-0.3, -0.25) is 9.59 Å². The zero-order valence-corrected chi connectivity index (χ0v) is 62.9. The van der Waals surface area contributed by atoms with Gasteiger partial charge in [0, 0.05) is 12.8 Å². The SMILES string of the molecule is CC/C=C\C/C=C\C/C=C\C/C=C\C/C=C\C/C=C\CCCCCCCCCCCCCCCCC(=O)OC(COC(=O)CCCCCCCCCCCCCCCCCCCCCCCCCCCCCCCCCCCCCC)COC(OCC[N+](C)(C)C)C(=O)O. The van der Waals surface area contributed by atoms with Crippen LogP contribution in [0.5, 0.6) is 0 Å². The van der Waals surface area contributed by atoms with Gasteiger partial charge in [-0.05, 0) is 64.2 Å². The fourth-order valence-corrected chi connectivity index (χ4v) is 12.1. The monoisotopic (exact) mass is 1320 g/mol. The summed E-state index contributed by atoms with van der Waals surface area (Å²) in [6, 6.07) is 0. The Balaban J connectivity index is 3.99. The molecule has 0 spiro atoms. The topological polar surface area (TPSA) is 108 Å². The molecule has 0 aliphatic rings. The number of esters is 2. The van der Waals surface area contributed by atoms with Crippen LogP contribution >= 0.6 is 0 Å². The van der Waals surface area contributed by atoms with Crippen LogP contribution < -0.4 is 0 Å². The predicted molar refractivity (Wildman–Crippen MR) is 406 cm³/mol. The molecule has 0 saturated heterocycles. The number of carbonyl (C=O) groups is 3. The standard InChI is InChI=1S/C85H155NO8/c1-6-8-10-12-14-16-18-20-22-24-26-28-30-32-34-36-38-40-41-42-44-45-47-49-51-53-55-57-59-61-63-65-67-69-71-73-75-82(87)92-79-81(80-93-85(84(89)90)91-78-77-86(3,4)5)94-83(88)76-74-72-70-68-66-64-62-60-58-56-54-52-50-48-46-43-39-37-35-33-31-29-27-25-23-21-19-17-15-13-11-9-7-2/h9,11,15,17,21,23,27,29,33,35,39,43,81,85H,6-8,10,12-14,16,18-20,22,24-26,28,30-32,34,36-38,40-42,44-80H2,1-5H3/p+1/b11-9-,17-15-,23-21-,29-27-,35-33-,43-39-. The Labute approximate surface area is 583 Å². The average Bonchev–Trinajstić information content (AvgIpc) is 3.35. The molecule has 0 bridgehead atoms. The van der Waals surface area contributed by atoms with Gasteiger partial charge in [-0.2, -0.15) is 0 Å². The molecular formula is C85H156NO8+. The van der Waals surface area contributed by atoms with Crippen LogP contribution in [0.25, 0.3) is 0 Å². The maximum absolute atomic E-state index is 13.0. The molecule has 9 heteroatoms. The number of carboxylic acids is 1. The van der Waals surface area contributed by atoms with Gasteiger partial charge >= 0.3 is 17.9 Å². The summed E-state index contributed by atoms with van der Waals surface area (Å²) in [6.07, 6.45) is 99.2. The molecule has 0 saturated carbocycles. The van der Waals surface area contributed by atoms with Crippen LogP contribution in [0.4, 0.5) is 0 Å². The summed E-state index contributed by atoms with van der Waals surface area (Å²) in [7, 11) is 5.99. The Morgan fingerprint density at radius 1 is 0.330 bits per heavy atom. The fourth-order valence-electron chi connectivity index (χ4n) is 12.1. The van der Waals surface area contributed by atoms with Gasteiger partial charge in [0.05, 0.1) is 34.4 Å². The van der Waals surface area contributed by atoms with Gasteiger partial charge in [-0.1, -0.05) is 389 Å². The normalized spacial score (nSPS) is 13.0. The lowest BCUT2D eigenvalue weighted by molar-refractivity contribution is -0.870. The van der Waals surface area contributed by atoms with Gasteiger partial charge in [0.15, 0.2) is 6.10 Å². The van der Waals surface area contributed by atoms with Crippen molar-refractivity contribution in [1.82, 2.24) is 0 Å². The van der Waals surface area contributed by atoms with Crippen molar-refractivity contribution in [2.75, 3.05) is 47.5 Å². The molecule has 2 unspecified atom stereocenters. The highest BCUT2D eigenvalue weighted by atomic mass is 16.7. The largest absolute Gasteiger partial charge is 0.477 e. The first-order valence-corrected chi connectivity index (χ1v) is 40.6. The van der Waals surface area contributed by atoms with Crippen LogP contribution in [-0.2, 0) is 33.3 Å². The van der Waals surface area contributed by atoms with Crippen LogP contribution in [0.1, 0.15) is 393 Å². The molecule has 0 aromatic heterocycles. The molecule has 1 N–H and O–H groups in total. The molecule has 0 amide bonds. The Morgan fingerprint density at radius 3 is 0.904 bits per heavy atom. The molecule has 0 aliphatic carbocycles. The third-order valence-electron chi connectivity index (χ3n) is 18.2. The number of carboxylic acid groups (broad SMARTS) is 1. The maximum Gasteiger partial charge on any atom is 0.361 e. The van der Waals surface area contributed by atoms with E-state index in [2.05, 4.69) is 86.8 Å². The molecule has 0 rings (SSSR count). The van der Waals surface area contributed by atoms with Crippen LogP contribution in [0.15, 0.2) is 72.9 Å². The predicted octanol–water partition coefficient (Wildman–Crippen LogP) is 26.0. The zero-order valence-electron chi connectivity index (χ0n) is 62.9. The lowest BCUT2D eigenvalue weighted by atomic mass is 10.0.